The zero-order valence-corrected chi connectivity index (χ0v) is 15.5. The molecule has 0 aromatic carbocycles. The highest BCUT2D eigenvalue weighted by molar-refractivity contribution is 5.95. The number of carbonyl (C=O) groups is 1. The number of aliphatic hydroxyl groups is 2. The fourth-order valence-corrected chi connectivity index (χ4v) is 4.25. The number of hydrogen-bond acceptors (Lipinski definition) is 5. The summed E-state index contributed by atoms with van der Waals surface area (Å²) in [6.45, 7) is 1.44. The van der Waals surface area contributed by atoms with Gasteiger partial charge in [0, 0.05) is 19.0 Å². The van der Waals surface area contributed by atoms with E-state index < -0.39 is 6.10 Å². The highest BCUT2D eigenvalue weighted by atomic mass is 16.3. The van der Waals surface area contributed by atoms with Crippen molar-refractivity contribution in [3.8, 4) is 0 Å². The Labute approximate surface area is 158 Å². The molecule has 1 aliphatic heterocycles. The van der Waals surface area contributed by atoms with Gasteiger partial charge < -0.3 is 15.1 Å². The molecule has 1 aliphatic carbocycles. The molecule has 2 aliphatic rings. The van der Waals surface area contributed by atoms with Gasteiger partial charge in [-0.25, -0.2) is 0 Å². The van der Waals surface area contributed by atoms with Crippen molar-refractivity contribution in [3.63, 3.8) is 0 Å². The second kappa shape index (κ2) is 7.82. The first-order valence-electron chi connectivity index (χ1n) is 9.85. The van der Waals surface area contributed by atoms with Crippen molar-refractivity contribution in [2.24, 2.45) is 0 Å². The van der Waals surface area contributed by atoms with Gasteiger partial charge in [-0.3, -0.25) is 14.6 Å². The molecule has 27 heavy (non-hydrogen) atoms. The summed E-state index contributed by atoms with van der Waals surface area (Å²) in [5, 5.41) is 30.6. The Morgan fingerprint density at radius 3 is 2.85 bits per heavy atom. The van der Waals surface area contributed by atoms with Crippen LogP contribution in [-0.4, -0.2) is 54.1 Å². The van der Waals surface area contributed by atoms with E-state index in [1.807, 2.05) is 9.58 Å². The lowest BCUT2D eigenvalue weighted by molar-refractivity contribution is 0.0743. The monoisotopic (exact) mass is 373 g/mol. The molecule has 3 N–H and O–H groups in total. The quantitative estimate of drug-likeness (QED) is 0.756. The molecule has 0 bridgehead atoms. The van der Waals surface area contributed by atoms with E-state index in [-0.39, 0.29) is 12.5 Å². The molecule has 1 fully saturated rings. The molecule has 1 atom stereocenters. The summed E-state index contributed by atoms with van der Waals surface area (Å²) < 4.78 is 1.83. The van der Waals surface area contributed by atoms with Gasteiger partial charge in [0.25, 0.3) is 5.91 Å². The predicted octanol–water partition coefficient (Wildman–Crippen LogP) is 1.73. The number of carbonyl (C=O) groups excluding carboxylic acids is 1. The minimum atomic E-state index is -0.986. The second-order valence-electron chi connectivity index (χ2n) is 7.59. The average molecular weight is 373 g/mol. The number of H-pyrrole nitrogens is 1. The summed E-state index contributed by atoms with van der Waals surface area (Å²) in [4.78, 5) is 15.1. The minimum absolute atomic E-state index is 0.00299. The van der Waals surface area contributed by atoms with Crippen LogP contribution in [0.5, 0.6) is 0 Å². The summed E-state index contributed by atoms with van der Waals surface area (Å²) in [5.41, 5.74) is 3.00. The van der Waals surface area contributed by atoms with Crippen LogP contribution in [0.2, 0.25) is 0 Å². The normalized spacial score (nSPS) is 19.6. The molecule has 0 saturated heterocycles. The van der Waals surface area contributed by atoms with Gasteiger partial charge in [-0.2, -0.15) is 10.2 Å². The number of amides is 1. The first-order valence-corrected chi connectivity index (χ1v) is 9.85. The first kappa shape index (κ1) is 18.2. The van der Waals surface area contributed by atoms with Crippen molar-refractivity contribution >= 4 is 5.91 Å². The number of aryl methyl sites for hydroxylation is 1. The number of fused-ring (bicyclic) bond motifs is 1. The molecule has 4 rings (SSSR count). The van der Waals surface area contributed by atoms with Crippen molar-refractivity contribution in [2.75, 3.05) is 13.2 Å². The van der Waals surface area contributed by atoms with Gasteiger partial charge in [-0.15, -0.1) is 0 Å². The number of aromatic nitrogens is 4. The molecule has 0 spiro atoms. The molecule has 1 saturated carbocycles. The van der Waals surface area contributed by atoms with Gasteiger partial charge in [0.05, 0.1) is 42.0 Å². The van der Waals surface area contributed by atoms with Crippen molar-refractivity contribution in [2.45, 2.75) is 63.6 Å². The summed E-state index contributed by atoms with van der Waals surface area (Å²) in [6.07, 6.45) is 7.37. The maximum Gasteiger partial charge on any atom is 0.257 e. The number of hydrogen-bond donors (Lipinski definition) is 3. The van der Waals surface area contributed by atoms with E-state index in [9.17, 15) is 9.90 Å². The van der Waals surface area contributed by atoms with Crippen molar-refractivity contribution in [3.05, 3.63) is 34.9 Å². The lowest BCUT2D eigenvalue weighted by Crippen LogP contribution is -2.31. The number of nitrogens with one attached hydrogen (secondary N) is 1. The van der Waals surface area contributed by atoms with Crippen LogP contribution in [0.25, 0.3) is 0 Å². The van der Waals surface area contributed by atoms with Crippen LogP contribution in [-0.2, 0) is 13.1 Å². The molecule has 0 radical (unpaired) electrons. The van der Waals surface area contributed by atoms with Crippen molar-refractivity contribution < 1.29 is 15.0 Å². The molecule has 1 unspecified atom stereocenters. The number of aliphatic hydroxyl groups excluding tert-OH is 2. The van der Waals surface area contributed by atoms with Gasteiger partial charge >= 0.3 is 0 Å². The summed E-state index contributed by atoms with van der Waals surface area (Å²) in [6, 6.07) is 1.78. The molecular weight excluding hydrogens is 346 g/mol. The molecule has 2 aromatic heterocycles. The predicted molar refractivity (Wildman–Crippen MR) is 98.0 cm³/mol. The van der Waals surface area contributed by atoms with E-state index in [1.165, 1.54) is 19.3 Å². The second-order valence-corrected chi connectivity index (χ2v) is 7.59. The Morgan fingerprint density at radius 1 is 1.26 bits per heavy atom. The molecule has 3 heterocycles. The Bertz CT molecular complexity index is 793. The fourth-order valence-electron chi connectivity index (χ4n) is 4.25. The van der Waals surface area contributed by atoms with Crippen LogP contribution in [0.3, 0.4) is 0 Å². The van der Waals surface area contributed by atoms with Gasteiger partial charge in [-0.1, -0.05) is 19.3 Å². The Kier molecular flexibility index (Phi) is 5.27. The van der Waals surface area contributed by atoms with Crippen LogP contribution >= 0.6 is 0 Å². The molecule has 8 heteroatoms. The maximum atomic E-state index is 13.2. The van der Waals surface area contributed by atoms with Gasteiger partial charge in [0.2, 0.25) is 0 Å². The highest BCUT2D eigenvalue weighted by Gasteiger charge is 2.28. The highest BCUT2D eigenvalue weighted by Crippen LogP contribution is 2.33. The van der Waals surface area contributed by atoms with Gasteiger partial charge in [0.1, 0.15) is 6.10 Å². The van der Waals surface area contributed by atoms with E-state index >= 15 is 0 Å². The Morgan fingerprint density at radius 2 is 2.07 bits per heavy atom. The van der Waals surface area contributed by atoms with E-state index in [0.29, 0.717) is 36.8 Å². The molecular formula is C19H27N5O3. The van der Waals surface area contributed by atoms with Crippen LogP contribution in [0.4, 0.5) is 0 Å². The third-order valence-electron chi connectivity index (χ3n) is 5.75. The lowest BCUT2D eigenvalue weighted by Gasteiger charge is -2.24. The van der Waals surface area contributed by atoms with Crippen molar-refractivity contribution in [1.29, 1.82) is 0 Å². The van der Waals surface area contributed by atoms with E-state index in [4.69, 9.17) is 5.11 Å². The number of aromatic amines is 1. The summed E-state index contributed by atoms with van der Waals surface area (Å²) in [5.74, 6) is 0.396. The molecule has 1 amide bonds. The average Bonchev–Trinajstić information content (AvgIpc) is 3.30. The Balaban J connectivity index is 1.54. The SMILES string of the molecule is O=C(c1cn[nH]c1C1CCCCC1)N1CCCn2nc(C(O)CO)cc2C1. The van der Waals surface area contributed by atoms with E-state index in [2.05, 4.69) is 15.3 Å². The summed E-state index contributed by atoms with van der Waals surface area (Å²) >= 11 is 0. The van der Waals surface area contributed by atoms with Crippen LogP contribution in [0.15, 0.2) is 12.3 Å². The smallest absolute Gasteiger partial charge is 0.257 e. The molecule has 146 valence electrons. The standard InChI is InChI=1S/C19H27N5O3/c25-12-17(26)16-9-14-11-23(7-4-8-24(14)22-16)19(27)15-10-20-21-18(15)13-5-2-1-3-6-13/h9-10,13,17,25-26H,1-8,11-12H2,(H,20,21). The van der Waals surface area contributed by atoms with Gasteiger partial charge in [0.15, 0.2) is 0 Å². The first-order chi connectivity index (χ1) is 13.2. The van der Waals surface area contributed by atoms with Crippen LogP contribution < -0.4 is 0 Å². The largest absolute Gasteiger partial charge is 0.393 e. The number of rotatable bonds is 4. The van der Waals surface area contributed by atoms with E-state index in [0.717, 1.165) is 30.7 Å². The lowest BCUT2D eigenvalue weighted by atomic mass is 9.85. The minimum Gasteiger partial charge on any atom is -0.393 e. The zero-order valence-electron chi connectivity index (χ0n) is 15.5. The summed E-state index contributed by atoms with van der Waals surface area (Å²) in [7, 11) is 0. The molecule has 8 nitrogen and oxygen atoms in total. The fraction of sp³-hybridized carbons (Fsp3) is 0.632. The molecule has 2 aromatic rings. The van der Waals surface area contributed by atoms with Gasteiger partial charge in [-0.05, 0) is 25.3 Å². The van der Waals surface area contributed by atoms with E-state index in [1.54, 1.807) is 12.3 Å². The third kappa shape index (κ3) is 3.64. The van der Waals surface area contributed by atoms with Crippen molar-refractivity contribution in [1.82, 2.24) is 24.9 Å². The third-order valence-corrected chi connectivity index (χ3v) is 5.75. The zero-order chi connectivity index (χ0) is 18.8. The maximum absolute atomic E-state index is 13.2. The van der Waals surface area contributed by atoms with Crippen LogP contribution in [0, 0.1) is 0 Å². The Hall–Kier alpha value is -2.19. The topological polar surface area (TPSA) is 107 Å². The van der Waals surface area contributed by atoms with Crippen LogP contribution in [0.1, 0.15) is 78.0 Å². The number of nitrogens with zero attached hydrogens (tertiary/aromatic N) is 4.